The van der Waals surface area contributed by atoms with Crippen LogP contribution in [0.1, 0.15) is 80.5 Å². The van der Waals surface area contributed by atoms with Crippen LogP contribution in [0, 0.1) is 11.8 Å². The first-order valence-electron chi connectivity index (χ1n) is 13.3. The predicted octanol–water partition coefficient (Wildman–Crippen LogP) is 2.55. The molecule has 35 heavy (non-hydrogen) atoms. The van der Waals surface area contributed by atoms with Crippen molar-refractivity contribution in [1.29, 1.82) is 0 Å². The van der Waals surface area contributed by atoms with Crippen molar-refractivity contribution in [2.75, 3.05) is 32.8 Å². The Kier molecular flexibility index (Phi) is 6.88. The van der Waals surface area contributed by atoms with Crippen LogP contribution in [0.15, 0.2) is 0 Å². The molecule has 1 atom stereocenters. The lowest BCUT2D eigenvalue weighted by atomic mass is 9.75. The molecule has 1 unspecified atom stereocenters. The number of hydrogen-bond acceptors (Lipinski definition) is 6. The van der Waals surface area contributed by atoms with Gasteiger partial charge in [0, 0.05) is 50.4 Å². The molecule has 3 fully saturated rings. The zero-order chi connectivity index (χ0) is 24.6. The third kappa shape index (κ3) is 4.71. The molecule has 9 heteroatoms. The number of carbonyl (C=O) groups excluding carboxylic acids is 3. The highest BCUT2D eigenvalue weighted by molar-refractivity contribution is 5.94. The Hall–Kier alpha value is -2.42. The number of rotatable bonds is 5. The second kappa shape index (κ2) is 9.91. The minimum Gasteiger partial charge on any atom is -0.458 e. The van der Waals surface area contributed by atoms with E-state index >= 15 is 0 Å². The molecule has 0 aromatic carbocycles. The Labute approximate surface area is 207 Å². The Morgan fingerprint density at radius 1 is 1.09 bits per heavy atom. The zero-order valence-corrected chi connectivity index (χ0v) is 21.1. The minimum absolute atomic E-state index is 0.0110. The number of aromatic nitrogens is 2. The summed E-state index contributed by atoms with van der Waals surface area (Å²) in [6.45, 7) is 8.24. The monoisotopic (exact) mass is 486 g/mol. The van der Waals surface area contributed by atoms with E-state index in [-0.39, 0.29) is 24.2 Å². The molecule has 2 amide bonds. The molecule has 192 valence electrons. The minimum atomic E-state index is -0.638. The maximum Gasteiger partial charge on any atom is 0.307 e. The molecule has 4 heterocycles. The van der Waals surface area contributed by atoms with E-state index in [2.05, 4.69) is 13.8 Å². The van der Waals surface area contributed by atoms with Gasteiger partial charge in [0.15, 0.2) is 5.69 Å². The number of nitrogens with zero attached hydrogens (tertiary/aromatic N) is 4. The average Bonchev–Trinajstić information content (AvgIpc) is 3.39. The van der Waals surface area contributed by atoms with Crippen LogP contribution in [0.2, 0.25) is 0 Å². The van der Waals surface area contributed by atoms with Gasteiger partial charge in [0.25, 0.3) is 5.91 Å². The van der Waals surface area contributed by atoms with Crippen LogP contribution in [0.5, 0.6) is 0 Å². The Morgan fingerprint density at radius 3 is 2.54 bits per heavy atom. The largest absolute Gasteiger partial charge is 0.458 e. The van der Waals surface area contributed by atoms with E-state index in [0.29, 0.717) is 57.4 Å². The molecule has 0 N–H and O–H groups in total. The van der Waals surface area contributed by atoms with Gasteiger partial charge in [-0.1, -0.05) is 20.3 Å². The summed E-state index contributed by atoms with van der Waals surface area (Å²) in [5.74, 6) is -0.242. The first-order valence-corrected chi connectivity index (χ1v) is 13.3. The predicted molar refractivity (Wildman–Crippen MR) is 128 cm³/mol. The summed E-state index contributed by atoms with van der Waals surface area (Å²) in [4.78, 5) is 43.2. The molecule has 1 aromatic heterocycles. The van der Waals surface area contributed by atoms with Gasteiger partial charge in [-0.2, -0.15) is 5.10 Å². The van der Waals surface area contributed by atoms with E-state index in [1.54, 1.807) is 4.90 Å². The van der Waals surface area contributed by atoms with Crippen molar-refractivity contribution in [2.24, 2.45) is 11.8 Å². The van der Waals surface area contributed by atoms with E-state index in [1.165, 1.54) is 0 Å². The lowest BCUT2D eigenvalue weighted by molar-refractivity contribution is -0.156. The highest BCUT2D eigenvalue weighted by Crippen LogP contribution is 2.45. The van der Waals surface area contributed by atoms with Crippen LogP contribution in [0.4, 0.5) is 0 Å². The molecule has 0 bridgehead atoms. The van der Waals surface area contributed by atoms with Gasteiger partial charge in [0.2, 0.25) is 5.91 Å². The summed E-state index contributed by atoms with van der Waals surface area (Å²) in [7, 11) is 0. The first-order chi connectivity index (χ1) is 16.9. The summed E-state index contributed by atoms with van der Waals surface area (Å²) < 4.78 is 13.2. The molecule has 9 nitrogen and oxygen atoms in total. The molecule has 5 rings (SSSR count). The van der Waals surface area contributed by atoms with E-state index in [9.17, 15) is 14.4 Å². The number of fused-ring (bicyclic) bond motifs is 1. The second-order valence-electron chi connectivity index (χ2n) is 11.0. The van der Waals surface area contributed by atoms with Gasteiger partial charge in [0.05, 0.1) is 25.6 Å². The van der Waals surface area contributed by atoms with E-state index < -0.39 is 11.5 Å². The molecule has 2 saturated heterocycles. The standard InChI is InChI=1S/C26H38N4O5/c1-18(2)6-11-30-21-7-10-29(17-19(21)23(27-30)25(33)28-12-14-34-15-13-28)24(32)20-16-22(31)35-26(20)8-4-3-5-9-26/h18,20H,3-17H2,1-2H3. The molecular weight excluding hydrogens is 448 g/mol. The van der Waals surface area contributed by atoms with Gasteiger partial charge in [-0.25, -0.2) is 0 Å². The topological polar surface area (TPSA) is 94.0 Å². The van der Waals surface area contributed by atoms with Gasteiger partial charge < -0.3 is 19.3 Å². The Balaban J connectivity index is 1.41. The van der Waals surface area contributed by atoms with Crippen molar-refractivity contribution in [3.8, 4) is 0 Å². The van der Waals surface area contributed by atoms with Crippen LogP contribution in [0.25, 0.3) is 0 Å². The maximum atomic E-state index is 13.8. The molecule has 1 spiro atoms. The van der Waals surface area contributed by atoms with Crippen molar-refractivity contribution in [2.45, 2.75) is 83.9 Å². The normalized spacial score (nSPS) is 24.1. The third-order valence-corrected chi connectivity index (χ3v) is 8.19. The van der Waals surface area contributed by atoms with Crippen LogP contribution in [-0.4, -0.2) is 75.8 Å². The van der Waals surface area contributed by atoms with Gasteiger partial charge in [-0.3, -0.25) is 19.1 Å². The van der Waals surface area contributed by atoms with Crippen LogP contribution < -0.4 is 0 Å². The average molecular weight is 487 g/mol. The molecule has 1 saturated carbocycles. The van der Waals surface area contributed by atoms with Crippen LogP contribution >= 0.6 is 0 Å². The van der Waals surface area contributed by atoms with Gasteiger partial charge in [-0.15, -0.1) is 0 Å². The van der Waals surface area contributed by atoms with Crippen molar-refractivity contribution in [3.63, 3.8) is 0 Å². The molecule has 4 aliphatic rings. The molecular formula is C26H38N4O5. The number of aryl methyl sites for hydroxylation is 1. The Morgan fingerprint density at radius 2 is 1.83 bits per heavy atom. The summed E-state index contributed by atoms with van der Waals surface area (Å²) in [6.07, 6.45) is 6.43. The number of morpholine rings is 1. The van der Waals surface area contributed by atoms with Crippen molar-refractivity contribution < 1.29 is 23.9 Å². The van der Waals surface area contributed by atoms with Gasteiger partial charge in [0.1, 0.15) is 5.60 Å². The maximum absolute atomic E-state index is 13.8. The smallest absolute Gasteiger partial charge is 0.307 e. The summed E-state index contributed by atoms with van der Waals surface area (Å²) >= 11 is 0. The fourth-order valence-corrected chi connectivity index (χ4v) is 6.16. The van der Waals surface area contributed by atoms with Crippen LogP contribution in [-0.2, 0) is 38.6 Å². The third-order valence-electron chi connectivity index (χ3n) is 8.19. The lowest BCUT2D eigenvalue weighted by Gasteiger charge is -2.39. The highest BCUT2D eigenvalue weighted by atomic mass is 16.6. The SMILES string of the molecule is CC(C)CCn1nc(C(=O)N2CCOCC2)c2c1CCN(C(=O)C1CC(=O)OC13CCCCC3)C2. The number of hydrogen-bond donors (Lipinski definition) is 0. The summed E-state index contributed by atoms with van der Waals surface area (Å²) in [5, 5.41) is 4.79. The fourth-order valence-electron chi connectivity index (χ4n) is 6.16. The molecule has 1 aromatic rings. The summed E-state index contributed by atoms with van der Waals surface area (Å²) in [6, 6.07) is 0. The number of esters is 1. The molecule has 3 aliphatic heterocycles. The second-order valence-corrected chi connectivity index (χ2v) is 11.0. The first kappa shape index (κ1) is 24.3. The van der Waals surface area contributed by atoms with E-state index in [1.807, 2.05) is 9.58 Å². The van der Waals surface area contributed by atoms with Crippen molar-refractivity contribution >= 4 is 17.8 Å². The lowest BCUT2D eigenvalue weighted by Crippen LogP contribution is -2.48. The van der Waals surface area contributed by atoms with Crippen molar-refractivity contribution in [1.82, 2.24) is 19.6 Å². The highest BCUT2D eigenvalue weighted by Gasteiger charge is 2.54. The quantitative estimate of drug-likeness (QED) is 0.594. The zero-order valence-electron chi connectivity index (χ0n) is 21.1. The van der Waals surface area contributed by atoms with E-state index in [0.717, 1.165) is 56.3 Å². The van der Waals surface area contributed by atoms with E-state index in [4.69, 9.17) is 14.6 Å². The fraction of sp³-hybridized carbons (Fsp3) is 0.769. The van der Waals surface area contributed by atoms with Crippen molar-refractivity contribution in [3.05, 3.63) is 17.0 Å². The Bertz CT molecular complexity index is 975. The number of amides is 2. The summed E-state index contributed by atoms with van der Waals surface area (Å²) in [5.41, 5.74) is 1.76. The number of ether oxygens (including phenoxy) is 2. The molecule has 1 aliphatic carbocycles. The van der Waals surface area contributed by atoms with Gasteiger partial charge in [-0.05, 0) is 38.0 Å². The number of carbonyl (C=O) groups is 3. The van der Waals surface area contributed by atoms with Gasteiger partial charge >= 0.3 is 5.97 Å². The van der Waals surface area contributed by atoms with Crippen LogP contribution in [0.3, 0.4) is 0 Å². The molecule has 0 radical (unpaired) electrons.